The Hall–Kier alpha value is -5.28. The molecule has 3 aromatic carbocycles. The maximum absolute atomic E-state index is 13.9. The van der Waals surface area contributed by atoms with Gasteiger partial charge < -0.3 is 14.2 Å². The van der Waals surface area contributed by atoms with E-state index >= 15 is 0 Å². The van der Waals surface area contributed by atoms with Crippen LogP contribution in [-0.2, 0) is 9.59 Å². The van der Waals surface area contributed by atoms with Gasteiger partial charge in [-0.1, -0.05) is 53.8 Å². The standard InChI is InChI=1S/C35H28N4O4S/c1-19-16-21(3)28-26(17-19)44-35(37-28)39-30(23-11-8-14-25(18-23)43-24-12-6-5-7-13-24)27(32(41)34(39)42)31(40)29-22(4)38-15-9-10-20(2)33(38)36-29/h5-18,30,40H,1-4H3/b31-27+. The average molecular weight is 601 g/mol. The second-order valence-corrected chi connectivity index (χ2v) is 12.0. The van der Waals surface area contributed by atoms with Crippen LogP contribution in [0.5, 0.6) is 11.5 Å². The molecule has 0 bridgehead atoms. The van der Waals surface area contributed by atoms with Crippen molar-refractivity contribution in [1.29, 1.82) is 0 Å². The molecule has 6 aromatic rings. The van der Waals surface area contributed by atoms with E-state index in [2.05, 4.69) is 0 Å². The number of carbonyl (C=O) groups is 2. The van der Waals surface area contributed by atoms with Gasteiger partial charge in [-0.15, -0.1) is 0 Å². The molecule has 1 unspecified atom stereocenters. The summed E-state index contributed by atoms with van der Waals surface area (Å²) in [6.45, 7) is 7.74. The number of ketones is 1. The van der Waals surface area contributed by atoms with E-state index in [1.54, 1.807) is 12.1 Å². The summed E-state index contributed by atoms with van der Waals surface area (Å²) < 4.78 is 8.88. The summed E-state index contributed by atoms with van der Waals surface area (Å²) in [5.74, 6) is -0.737. The van der Waals surface area contributed by atoms with Crippen LogP contribution >= 0.6 is 11.3 Å². The van der Waals surface area contributed by atoms with Crippen LogP contribution in [0.3, 0.4) is 0 Å². The fraction of sp³-hybridized carbons (Fsp3) is 0.143. The largest absolute Gasteiger partial charge is 0.505 e. The monoisotopic (exact) mass is 600 g/mol. The van der Waals surface area contributed by atoms with E-state index in [-0.39, 0.29) is 17.0 Å². The fourth-order valence-electron chi connectivity index (χ4n) is 5.85. The lowest BCUT2D eigenvalue weighted by Gasteiger charge is -2.23. The third-order valence-corrected chi connectivity index (χ3v) is 8.93. The number of anilines is 1. The molecule has 1 aliphatic rings. The molecule has 1 fully saturated rings. The molecule has 218 valence electrons. The molecule has 0 saturated carbocycles. The maximum Gasteiger partial charge on any atom is 0.301 e. The molecule has 1 atom stereocenters. The number of imidazole rings is 1. The van der Waals surface area contributed by atoms with Gasteiger partial charge in [0.1, 0.15) is 22.8 Å². The Morgan fingerprint density at radius 1 is 0.864 bits per heavy atom. The molecule has 8 nitrogen and oxygen atoms in total. The van der Waals surface area contributed by atoms with Gasteiger partial charge in [0.05, 0.1) is 27.5 Å². The van der Waals surface area contributed by atoms with Gasteiger partial charge in [0.15, 0.2) is 10.9 Å². The number of para-hydroxylation sites is 1. The summed E-state index contributed by atoms with van der Waals surface area (Å²) in [7, 11) is 0. The molecule has 44 heavy (non-hydrogen) atoms. The Morgan fingerprint density at radius 2 is 1.64 bits per heavy atom. The molecule has 3 aromatic heterocycles. The van der Waals surface area contributed by atoms with Crippen molar-refractivity contribution in [3.8, 4) is 11.5 Å². The number of fused-ring (bicyclic) bond motifs is 2. The number of amides is 1. The molecule has 4 heterocycles. The number of pyridine rings is 1. The summed E-state index contributed by atoms with van der Waals surface area (Å²) in [5, 5.41) is 12.2. The zero-order valence-electron chi connectivity index (χ0n) is 24.5. The Balaban J connectivity index is 1.44. The highest BCUT2D eigenvalue weighted by Crippen LogP contribution is 2.45. The number of nitrogens with zero attached hydrogens (tertiary/aromatic N) is 4. The van der Waals surface area contributed by atoms with Crippen molar-refractivity contribution in [2.24, 2.45) is 0 Å². The third kappa shape index (κ3) is 4.44. The molecule has 0 spiro atoms. The second-order valence-electron chi connectivity index (χ2n) is 11.0. The molecule has 1 N–H and O–H groups in total. The minimum absolute atomic E-state index is 0.0526. The van der Waals surface area contributed by atoms with E-state index in [0.29, 0.717) is 33.5 Å². The number of thiazole rings is 1. The summed E-state index contributed by atoms with van der Waals surface area (Å²) in [6.07, 6.45) is 1.85. The van der Waals surface area contributed by atoms with E-state index < -0.39 is 17.7 Å². The van der Waals surface area contributed by atoms with Crippen LogP contribution in [-0.4, -0.2) is 31.2 Å². The van der Waals surface area contributed by atoms with Crippen molar-refractivity contribution in [2.45, 2.75) is 33.7 Å². The van der Waals surface area contributed by atoms with E-state index in [1.165, 1.54) is 16.2 Å². The van der Waals surface area contributed by atoms with Gasteiger partial charge in [-0.25, -0.2) is 9.97 Å². The van der Waals surface area contributed by atoms with Crippen LogP contribution in [0.1, 0.15) is 39.7 Å². The van der Waals surface area contributed by atoms with Gasteiger partial charge in [-0.2, -0.15) is 0 Å². The number of rotatable bonds is 5. The highest BCUT2D eigenvalue weighted by molar-refractivity contribution is 7.22. The highest BCUT2D eigenvalue weighted by Gasteiger charge is 2.48. The van der Waals surface area contributed by atoms with Crippen molar-refractivity contribution in [2.75, 3.05) is 4.90 Å². The zero-order chi connectivity index (χ0) is 30.7. The van der Waals surface area contributed by atoms with E-state index in [9.17, 15) is 14.7 Å². The van der Waals surface area contributed by atoms with E-state index in [4.69, 9.17) is 14.7 Å². The number of hydrogen-bond acceptors (Lipinski definition) is 7. The molecule has 0 aliphatic carbocycles. The smallest absolute Gasteiger partial charge is 0.301 e. The van der Waals surface area contributed by atoms with Gasteiger partial charge >= 0.3 is 5.91 Å². The predicted octanol–water partition coefficient (Wildman–Crippen LogP) is 7.60. The summed E-state index contributed by atoms with van der Waals surface area (Å²) in [4.78, 5) is 38.7. The molecule has 0 radical (unpaired) electrons. The molecule has 7 rings (SSSR count). The lowest BCUT2D eigenvalue weighted by atomic mass is 9.96. The van der Waals surface area contributed by atoms with Crippen molar-refractivity contribution < 1.29 is 19.4 Å². The average Bonchev–Trinajstić information content (AvgIpc) is 3.66. The Morgan fingerprint density at radius 3 is 2.41 bits per heavy atom. The number of aliphatic hydroxyl groups excluding tert-OH is 1. The Bertz CT molecular complexity index is 2160. The number of ether oxygens (including phenoxy) is 1. The predicted molar refractivity (Wildman–Crippen MR) is 172 cm³/mol. The summed E-state index contributed by atoms with van der Waals surface area (Å²) >= 11 is 1.34. The Kier molecular flexibility index (Phi) is 6.55. The highest BCUT2D eigenvalue weighted by atomic mass is 32.1. The van der Waals surface area contributed by atoms with Crippen molar-refractivity contribution >= 4 is 49.8 Å². The van der Waals surface area contributed by atoms with Crippen LogP contribution in [0.4, 0.5) is 5.13 Å². The quantitative estimate of drug-likeness (QED) is 0.124. The topological polar surface area (TPSA) is 97.0 Å². The maximum atomic E-state index is 13.9. The van der Waals surface area contributed by atoms with E-state index in [0.717, 1.165) is 26.9 Å². The van der Waals surface area contributed by atoms with Gasteiger partial charge in [0.2, 0.25) is 0 Å². The van der Waals surface area contributed by atoms with Crippen molar-refractivity contribution in [3.05, 3.63) is 124 Å². The molecular formula is C35H28N4O4S. The third-order valence-electron chi connectivity index (χ3n) is 7.93. The normalized spacial score (nSPS) is 16.4. The van der Waals surface area contributed by atoms with Crippen molar-refractivity contribution in [1.82, 2.24) is 14.4 Å². The summed E-state index contributed by atoms with van der Waals surface area (Å²) in [5.41, 5.74) is 5.83. The first-order chi connectivity index (χ1) is 21.2. The van der Waals surface area contributed by atoms with Crippen LogP contribution in [0.25, 0.3) is 21.6 Å². The number of aromatic nitrogens is 3. The molecule has 9 heteroatoms. The van der Waals surface area contributed by atoms with E-state index in [1.807, 2.05) is 105 Å². The minimum atomic E-state index is -0.971. The summed E-state index contributed by atoms with van der Waals surface area (Å²) in [6, 6.07) is 23.5. The number of Topliss-reactive ketones (excluding diaryl/α,β-unsaturated/α-hetero) is 1. The van der Waals surface area contributed by atoms with Crippen LogP contribution in [0, 0.1) is 27.7 Å². The fourth-order valence-corrected chi connectivity index (χ4v) is 7.02. The number of benzene rings is 3. The van der Waals surface area contributed by atoms with Crippen LogP contribution in [0.2, 0.25) is 0 Å². The first-order valence-corrected chi connectivity index (χ1v) is 15.0. The van der Waals surface area contributed by atoms with Crippen LogP contribution < -0.4 is 9.64 Å². The van der Waals surface area contributed by atoms with Gasteiger partial charge in [0.25, 0.3) is 5.78 Å². The number of hydrogen-bond donors (Lipinski definition) is 1. The minimum Gasteiger partial charge on any atom is -0.505 e. The first-order valence-electron chi connectivity index (χ1n) is 14.2. The van der Waals surface area contributed by atoms with Gasteiger partial charge in [0, 0.05) is 6.20 Å². The molecular weight excluding hydrogens is 572 g/mol. The molecule has 1 saturated heterocycles. The lowest BCUT2D eigenvalue weighted by Crippen LogP contribution is -2.29. The van der Waals surface area contributed by atoms with Gasteiger partial charge in [-0.05, 0) is 86.3 Å². The number of carbonyl (C=O) groups excluding carboxylic acids is 2. The number of aryl methyl sites for hydroxylation is 4. The first kappa shape index (κ1) is 27.5. The lowest BCUT2D eigenvalue weighted by molar-refractivity contribution is -0.132. The van der Waals surface area contributed by atoms with Gasteiger partial charge in [-0.3, -0.25) is 14.5 Å². The second kappa shape index (κ2) is 10.5. The SMILES string of the molecule is Cc1cc(C)c2nc(N3C(=O)C(=O)/C(=C(/O)c4nc5c(C)cccn5c4C)C3c3cccc(Oc4ccccc4)c3)sc2c1. The number of aliphatic hydroxyl groups is 1. The Labute approximate surface area is 257 Å². The van der Waals surface area contributed by atoms with Crippen LogP contribution in [0.15, 0.2) is 90.6 Å². The molecule has 1 aliphatic heterocycles. The van der Waals surface area contributed by atoms with Crippen molar-refractivity contribution in [3.63, 3.8) is 0 Å². The molecule has 1 amide bonds. The zero-order valence-corrected chi connectivity index (χ0v) is 25.3.